The second-order valence-electron chi connectivity index (χ2n) is 9.71. The van der Waals surface area contributed by atoms with E-state index in [4.69, 9.17) is 4.74 Å². The topological polar surface area (TPSA) is 124 Å². The number of carbonyl (C=O) groups is 2. The minimum atomic E-state index is -1.06. The monoisotopic (exact) mass is 540 g/mol. The predicted octanol–water partition coefficient (Wildman–Crippen LogP) is 4.29. The van der Waals surface area contributed by atoms with Crippen molar-refractivity contribution in [3.8, 4) is 16.9 Å². The fraction of sp³-hybridized carbons (Fsp3) is 0.207. The molecule has 1 saturated carbocycles. The second kappa shape index (κ2) is 10.3. The molecule has 0 unspecified atom stereocenters. The molecule has 0 atom stereocenters. The van der Waals surface area contributed by atoms with E-state index in [-0.39, 0.29) is 29.1 Å². The van der Waals surface area contributed by atoms with Crippen LogP contribution in [0.1, 0.15) is 56.4 Å². The van der Waals surface area contributed by atoms with Crippen LogP contribution >= 0.6 is 0 Å². The summed E-state index contributed by atoms with van der Waals surface area (Å²) in [7, 11) is 1.36. The number of carboxylic acids is 1. The molecule has 1 aliphatic carbocycles. The van der Waals surface area contributed by atoms with Crippen molar-refractivity contribution < 1.29 is 23.8 Å². The summed E-state index contributed by atoms with van der Waals surface area (Å²) in [5.41, 5.74) is 4.41. The molecule has 0 bridgehead atoms. The van der Waals surface area contributed by atoms with Crippen LogP contribution in [0.5, 0.6) is 5.75 Å². The van der Waals surface area contributed by atoms with Crippen LogP contribution in [0, 0.1) is 5.82 Å². The van der Waals surface area contributed by atoms with Gasteiger partial charge in [0.05, 0.1) is 31.1 Å². The number of rotatable bonds is 9. The molecule has 1 aliphatic rings. The van der Waals surface area contributed by atoms with Crippen LogP contribution in [-0.2, 0) is 13.1 Å². The quantitative estimate of drug-likeness (QED) is 0.286. The van der Waals surface area contributed by atoms with Gasteiger partial charge in [-0.1, -0.05) is 29.5 Å². The number of hydrogen-bond acceptors (Lipinski definition) is 6. The first-order valence-electron chi connectivity index (χ1n) is 12.7. The maximum Gasteiger partial charge on any atom is 0.335 e. The molecule has 1 amide bonds. The second-order valence-corrected chi connectivity index (χ2v) is 9.71. The summed E-state index contributed by atoms with van der Waals surface area (Å²) in [6, 6.07) is 13.3. The van der Waals surface area contributed by atoms with E-state index in [1.807, 2.05) is 16.7 Å². The number of halogens is 1. The number of aromatic carboxylic acids is 1. The Kier molecular flexibility index (Phi) is 6.47. The van der Waals surface area contributed by atoms with Gasteiger partial charge in [-0.15, -0.1) is 5.10 Å². The minimum absolute atomic E-state index is 0.0257. The zero-order chi connectivity index (χ0) is 27.8. The molecule has 2 aromatic carbocycles. The van der Waals surface area contributed by atoms with E-state index in [1.54, 1.807) is 18.2 Å². The van der Waals surface area contributed by atoms with Gasteiger partial charge in [0, 0.05) is 24.5 Å². The Bertz CT molecular complexity index is 1740. The summed E-state index contributed by atoms with van der Waals surface area (Å²) in [5.74, 6) is -1.53. The van der Waals surface area contributed by atoms with Crippen LogP contribution in [-0.4, -0.2) is 48.5 Å². The van der Waals surface area contributed by atoms with Gasteiger partial charge < -0.3 is 19.6 Å². The number of ether oxygens (including phenoxy) is 1. The van der Waals surface area contributed by atoms with E-state index in [2.05, 4.69) is 32.9 Å². The lowest BCUT2D eigenvalue weighted by atomic mass is 9.97. The molecule has 1 fully saturated rings. The Labute approximate surface area is 228 Å². The molecule has 40 heavy (non-hydrogen) atoms. The van der Waals surface area contributed by atoms with Gasteiger partial charge >= 0.3 is 5.97 Å². The van der Waals surface area contributed by atoms with Crippen LogP contribution in [0.2, 0.25) is 0 Å². The van der Waals surface area contributed by atoms with Crippen molar-refractivity contribution >= 4 is 17.5 Å². The van der Waals surface area contributed by atoms with Gasteiger partial charge in [-0.25, -0.2) is 18.9 Å². The third-order valence-corrected chi connectivity index (χ3v) is 6.96. The highest BCUT2D eigenvalue weighted by Gasteiger charge is 2.24. The first-order valence-corrected chi connectivity index (χ1v) is 12.7. The molecule has 0 aliphatic heterocycles. The van der Waals surface area contributed by atoms with E-state index in [0.29, 0.717) is 23.6 Å². The van der Waals surface area contributed by atoms with Crippen molar-refractivity contribution in [2.45, 2.75) is 31.8 Å². The van der Waals surface area contributed by atoms with Crippen LogP contribution in [0.4, 0.5) is 4.39 Å². The highest BCUT2D eigenvalue weighted by Crippen LogP contribution is 2.40. The highest BCUT2D eigenvalue weighted by molar-refractivity contribution is 5.92. The number of hydrogen-bond donors (Lipinski definition) is 2. The number of benzene rings is 2. The molecule has 0 saturated heterocycles. The molecule has 6 rings (SSSR count). The Morgan fingerprint density at radius 3 is 2.60 bits per heavy atom. The molecule has 202 valence electrons. The van der Waals surface area contributed by atoms with E-state index >= 15 is 4.39 Å². The van der Waals surface area contributed by atoms with Crippen molar-refractivity contribution in [1.29, 1.82) is 0 Å². The lowest BCUT2D eigenvalue weighted by Gasteiger charge is -2.14. The van der Waals surface area contributed by atoms with Crippen LogP contribution in [0.15, 0.2) is 67.1 Å². The molecule has 0 radical (unpaired) electrons. The summed E-state index contributed by atoms with van der Waals surface area (Å²) in [6.45, 7) is 0.183. The normalized spacial score (nSPS) is 12.9. The molecule has 2 N–H and O–H groups in total. The highest BCUT2D eigenvalue weighted by atomic mass is 19.1. The maximum absolute atomic E-state index is 15.3. The Morgan fingerprint density at radius 2 is 1.88 bits per heavy atom. The SMILES string of the molecule is COc1ccc(-c2ccc(C(=O)O)cc2)c(CNC(=O)c2cn(Cc3cn4cc(C5CC5)ccc4n3)nn2)c1F. The summed E-state index contributed by atoms with van der Waals surface area (Å²) in [5, 5.41) is 19.9. The molecule has 0 spiro atoms. The molecule has 10 nitrogen and oxygen atoms in total. The van der Waals surface area contributed by atoms with Gasteiger partial charge in [-0.2, -0.15) is 0 Å². The number of pyridine rings is 1. The van der Waals surface area contributed by atoms with Gasteiger partial charge in [-0.3, -0.25) is 4.79 Å². The Hall–Kier alpha value is -5.06. The van der Waals surface area contributed by atoms with E-state index in [0.717, 1.165) is 11.3 Å². The lowest BCUT2D eigenvalue weighted by molar-refractivity contribution is 0.0696. The zero-order valence-corrected chi connectivity index (χ0v) is 21.5. The molecule has 3 aromatic heterocycles. The van der Waals surface area contributed by atoms with Crippen molar-refractivity contribution in [3.05, 3.63) is 101 Å². The van der Waals surface area contributed by atoms with Crippen molar-refractivity contribution in [2.75, 3.05) is 7.11 Å². The third kappa shape index (κ3) is 5.00. The number of carbonyl (C=O) groups excluding carboxylic acids is 1. The van der Waals surface area contributed by atoms with Gasteiger partial charge in [0.1, 0.15) is 5.65 Å². The lowest BCUT2D eigenvalue weighted by Crippen LogP contribution is -2.24. The van der Waals surface area contributed by atoms with Gasteiger partial charge in [-0.05, 0) is 59.7 Å². The Balaban J connectivity index is 1.17. The minimum Gasteiger partial charge on any atom is -0.494 e. The van der Waals surface area contributed by atoms with Crippen LogP contribution in [0.25, 0.3) is 16.8 Å². The third-order valence-electron chi connectivity index (χ3n) is 6.96. The molecular formula is C29H25FN6O4. The van der Waals surface area contributed by atoms with Crippen LogP contribution < -0.4 is 10.1 Å². The predicted molar refractivity (Wildman–Crippen MR) is 143 cm³/mol. The fourth-order valence-corrected chi connectivity index (χ4v) is 4.69. The van der Waals surface area contributed by atoms with Crippen LogP contribution in [0.3, 0.4) is 0 Å². The van der Waals surface area contributed by atoms with Gasteiger partial charge in [0.25, 0.3) is 5.91 Å². The number of nitrogens with one attached hydrogen (secondary N) is 1. The number of aromatic nitrogens is 5. The van der Waals surface area contributed by atoms with Crippen molar-refractivity contribution in [3.63, 3.8) is 0 Å². The average molecular weight is 541 g/mol. The maximum atomic E-state index is 15.3. The number of fused-ring (bicyclic) bond motifs is 1. The Morgan fingerprint density at radius 1 is 1.07 bits per heavy atom. The standard InChI is InChI=1S/C29H25FN6O4/c1-40-25-10-9-22(18-4-6-19(7-5-18)29(38)39)23(27(25)30)12-31-28(37)24-16-36(34-33-24)15-21-14-35-13-20(17-2-3-17)8-11-26(35)32-21/h4-11,13-14,16-17H,2-3,12,15H2,1H3,(H,31,37)(H,38,39). The van der Waals surface area contributed by atoms with Crippen molar-refractivity contribution in [2.24, 2.45) is 0 Å². The number of carboxylic acid groups (broad SMARTS) is 1. The van der Waals surface area contributed by atoms with E-state index in [9.17, 15) is 14.7 Å². The zero-order valence-electron chi connectivity index (χ0n) is 21.5. The fourth-order valence-electron chi connectivity index (χ4n) is 4.69. The molecule has 3 heterocycles. The van der Waals surface area contributed by atoms with E-state index < -0.39 is 17.7 Å². The summed E-state index contributed by atoms with van der Waals surface area (Å²) in [4.78, 5) is 28.7. The first-order chi connectivity index (χ1) is 19.4. The number of methoxy groups -OCH3 is 1. The molecule has 5 aromatic rings. The number of imidazole rings is 1. The van der Waals surface area contributed by atoms with Gasteiger partial charge in [0.15, 0.2) is 17.3 Å². The number of amides is 1. The molecular weight excluding hydrogens is 515 g/mol. The average Bonchev–Trinajstić information content (AvgIpc) is 3.57. The summed E-state index contributed by atoms with van der Waals surface area (Å²) < 4.78 is 23.9. The summed E-state index contributed by atoms with van der Waals surface area (Å²) in [6.07, 6.45) is 8.02. The summed E-state index contributed by atoms with van der Waals surface area (Å²) >= 11 is 0. The largest absolute Gasteiger partial charge is 0.494 e. The number of nitrogens with zero attached hydrogens (tertiary/aromatic N) is 5. The van der Waals surface area contributed by atoms with Crippen molar-refractivity contribution in [1.82, 2.24) is 29.7 Å². The first kappa shape index (κ1) is 25.2. The van der Waals surface area contributed by atoms with E-state index in [1.165, 1.54) is 54.6 Å². The van der Waals surface area contributed by atoms with Gasteiger partial charge in [0.2, 0.25) is 0 Å². The molecule has 11 heteroatoms. The smallest absolute Gasteiger partial charge is 0.335 e.